The fraction of sp³-hybridized carbons (Fsp3) is 0.217. The Labute approximate surface area is 179 Å². The number of carbonyl (C=O) groups is 2. The third kappa shape index (κ3) is 6.10. The van der Waals surface area contributed by atoms with Gasteiger partial charge in [-0.1, -0.05) is 54.6 Å². The molecule has 2 atom stereocenters. The molecule has 0 saturated carbocycles. The first-order valence-corrected chi connectivity index (χ1v) is 9.78. The second kappa shape index (κ2) is 10.3. The summed E-state index contributed by atoms with van der Waals surface area (Å²) in [5, 5.41) is 37.8. The molecule has 2 aromatic carbocycles. The van der Waals surface area contributed by atoms with Crippen LogP contribution in [0.25, 0.3) is 11.1 Å². The Morgan fingerprint density at radius 1 is 0.903 bits per heavy atom. The number of nitrogens with one attached hydrogen (secondary N) is 1. The van der Waals surface area contributed by atoms with Gasteiger partial charge in [-0.05, 0) is 35.6 Å². The minimum Gasteiger partial charge on any atom is -0.492 e. The number of rotatable bonds is 9. The van der Waals surface area contributed by atoms with Gasteiger partial charge in [0.05, 0.1) is 12.5 Å². The summed E-state index contributed by atoms with van der Waals surface area (Å²) in [6, 6.07) is 19.7. The van der Waals surface area contributed by atoms with Gasteiger partial charge in [0.2, 0.25) is 5.88 Å². The standard InChI is InChI=1S/C23H23N3O5/c27-14-18(23(30)31)13-19(24-22(29)20-10-11-21(28)26-25-20)12-15-6-8-17(9-7-15)16-4-2-1-3-5-16/h1-11,18-19,27H,12-14H2,(H,24,29)(H,26,28)(H,30,31)/t18-,19+/m0/s1. The highest BCUT2D eigenvalue weighted by Crippen LogP contribution is 2.21. The normalized spacial score (nSPS) is 12.7. The van der Waals surface area contributed by atoms with Crippen molar-refractivity contribution in [1.29, 1.82) is 0 Å². The van der Waals surface area contributed by atoms with Gasteiger partial charge in [-0.3, -0.25) is 9.59 Å². The summed E-state index contributed by atoms with van der Waals surface area (Å²) in [6.45, 7) is -0.534. The van der Waals surface area contributed by atoms with Crippen molar-refractivity contribution in [3.05, 3.63) is 78.0 Å². The second-order valence-corrected chi connectivity index (χ2v) is 7.17. The molecule has 1 heterocycles. The van der Waals surface area contributed by atoms with Crippen LogP contribution in [0.2, 0.25) is 0 Å². The van der Waals surface area contributed by atoms with E-state index in [0.29, 0.717) is 6.42 Å². The average molecular weight is 421 g/mol. The number of amides is 1. The maximum absolute atomic E-state index is 12.5. The molecular weight excluding hydrogens is 398 g/mol. The van der Waals surface area contributed by atoms with Gasteiger partial charge in [0.15, 0.2) is 5.69 Å². The third-order valence-corrected chi connectivity index (χ3v) is 4.90. The van der Waals surface area contributed by atoms with Crippen LogP contribution < -0.4 is 5.32 Å². The lowest BCUT2D eigenvalue weighted by Crippen LogP contribution is -2.40. The summed E-state index contributed by atoms with van der Waals surface area (Å²) in [6.07, 6.45) is 0.416. The van der Waals surface area contributed by atoms with E-state index in [1.54, 1.807) is 0 Å². The predicted octanol–water partition coefficient (Wildman–Crippen LogP) is 2.27. The number of benzene rings is 2. The molecule has 0 bridgehead atoms. The first kappa shape index (κ1) is 21.9. The first-order valence-electron chi connectivity index (χ1n) is 9.78. The summed E-state index contributed by atoms with van der Waals surface area (Å²) in [4.78, 5) is 23.9. The second-order valence-electron chi connectivity index (χ2n) is 7.17. The van der Waals surface area contributed by atoms with E-state index >= 15 is 0 Å². The average Bonchev–Trinajstić information content (AvgIpc) is 2.78. The molecule has 0 aliphatic carbocycles. The summed E-state index contributed by atoms with van der Waals surface area (Å²) < 4.78 is 0. The number of nitrogens with zero attached hydrogens (tertiary/aromatic N) is 2. The van der Waals surface area contributed by atoms with Crippen LogP contribution in [0, 0.1) is 5.92 Å². The van der Waals surface area contributed by atoms with Crippen molar-refractivity contribution in [3.8, 4) is 17.0 Å². The Bertz CT molecular complexity index is 1010. The highest BCUT2D eigenvalue weighted by atomic mass is 16.4. The van der Waals surface area contributed by atoms with Gasteiger partial charge >= 0.3 is 5.97 Å². The molecule has 0 fully saturated rings. The number of carbonyl (C=O) groups excluding carboxylic acids is 1. The Balaban J connectivity index is 1.76. The lowest BCUT2D eigenvalue weighted by molar-refractivity contribution is -0.143. The topological polar surface area (TPSA) is 133 Å². The van der Waals surface area contributed by atoms with E-state index in [9.17, 15) is 24.9 Å². The molecular formula is C23H23N3O5. The number of carboxylic acids is 1. The maximum Gasteiger partial charge on any atom is 0.308 e. The van der Waals surface area contributed by atoms with Crippen LogP contribution in [0.4, 0.5) is 0 Å². The van der Waals surface area contributed by atoms with Gasteiger partial charge < -0.3 is 20.6 Å². The molecule has 1 amide bonds. The van der Waals surface area contributed by atoms with E-state index < -0.39 is 30.4 Å². The van der Waals surface area contributed by atoms with Crippen LogP contribution in [0.5, 0.6) is 5.88 Å². The summed E-state index contributed by atoms with van der Waals surface area (Å²) in [5.41, 5.74) is 3.03. The highest BCUT2D eigenvalue weighted by molar-refractivity contribution is 5.92. The number of aliphatic hydroxyl groups excluding tert-OH is 1. The van der Waals surface area contributed by atoms with E-state index in [4.69, 9.17) is 0 Å². The minimum atomic E-state index is -1.13. The third-order valence-electron chi connectivity index (χ3n) is 4.90. The molecule has 160 valence electrons. The molecule has 3 aromatic rings. The molecule has 4 N–H and O–H groups in total. The fourth-order valence-corrected chi connectivity index (χ4v) is 3.24. The van der Waals surface area contributed by atoms with Crippen molar-refractivity contribution in [2.24, 2.45) is 5.92 Å². The molecule has 0 spiro atoms. The van der Waals surface area contributed by atoms with Crippen LogP contribution in [-0.4, -0.2) is 50.0 Å². The molecule has 0 radical (unpaired) electrons. The van der Waals surface area contributed by atoms with Crippen molar-refractivity contribution < 1.29 is 24.9 Å². The zero-order chi connectivity index (χ0) is 22.2. The van der Waals surface area contributed by atoms with Crippen LogP contribution >= 0.6 is 0 Å². The number of aromatic nitrogens is 2. The first-order chi connectivity index (χ1) is 15.0. The number of carboxylic acid groups (broad SMARTS) is 1. The lowest BCUT2D eigenvalue weighted by Gasteiger charge is -2.21. The lowest BCUT2D eigenvalue weighted by atomic mass is 9.94. The SMILES string of the molecule is O=C(N[C@H](Cc1ccc(-c2ccccc2)cc1)C[C@@H](CO)C(=O)O)c1ccc(O)nn1. The Morgan fingerprint density at radius 2 is 1.58 bits per heavy atom. The zero-order valence-electron chi connectivity index (χ0n) is 16.7. The summed E-state index contributed by atoms with van der Waals surface area (Å²) >= 11 is 0. The number of aromatic hydroxyl groups is 1. The van der Waals surface area contributed by atoms with Crippen molar-refractivity contribution in [2.75, 3.05) is 6.61 Å². The predicted molar refractivity (Wildman–Crippen MR) is 113 cm³/mol. The summed E-state index contributed by atoms with van der Waals surface area (Å²) in [5.74, 6) is -3.00. The zero-order valence-corrected chi connectivity index (χ0v) is 16.7. The Morgan fingerprint density at radius 3 is 2.16 bits per heavy atom. The van der Waals surface area contributed by atoms with Crippen molar-refractivity contribution >= 4 is 11.9 Å². The summed E-state index contributed by atoms with van der Waals surface area (Å²) in [7, 11) is 0. The van der Waals surface area contributed by atoms with E-state index in [2.05, 4.69) is 15.5 Å². The van der Waals surface area contributed by atoms with Gasteiger partial charge in [0.25, 0.3) is 5.91 Å². The highest BCUT2D eigenvalue weighted by Gasteiger charge is 2.24. The molecule has 3 rings (SSSR count). The number of hydrogen-bond donors (Lipinski definition) is 4. The van der Waals surface area contributed by atoms with Crippen LogP contribution in [0.3, 0.4) is 0 Å². The minimum absolute atomic E-state index is 0.00176. The van der Waals surface area contributed by atoms with Crippen LogP contribution in [-0.2, 0) is 11.2 Å². The quantitative estimate of drug-likeness (QED) is 0.417. The van der Waals surface area contributed by atoms with E-state index in [0.717, 1.165) is 16.7 Å². The van der Waals surface area contributed by atoms with Crippen LogP contribution in [0.1, 0.15) is 22.5 Å². The largest absolute Gasteiger partial charge is 0.492 e. The van der Waals surface area contributed by atoms with Gasteiger partial charge in [-0.25, -0.2) is 0 Å². The van der Waals surface area contributed by atoms with E-state index in [1.165, 1.54) is 12.1 Å². The number of hydrogen-bond acceptors (Lipinski definition) is 6. The molecule has 31 heavy (non-hydrogen) atoms. The Kier molecular flexibility index (Phi) is 7.29. The van der Waals surface area contributed by atoms with Gasteiger partial charge in [-0.2, -0.15) is 0 Å². The van der Waals surface area contributed by atoms with Gasteiger partial charge in [-0.15, -0.1) is 10.2 Å². The molecule has 1 aromatic heterocycles. The monoisotopic (exact) mass is 421 g/mol. The fourth-order valence-electron chi connectivity index (χ4n) is 3.24. The molecule has 0 unspecified atom stereocenters. The maximum atomic E-state index is 12.5. The molecule has 8 heteroatoms. The van der Waals surface area contributed by atoms with E-state index in [1.807, 2.05) is 54.6 Å². The van der Waals surface area contributed by atoms with Crippen molar-refractivity contribution in [1.82, 2.24) is 15.5 Å². The smallest absolute Gasteiger partial charge is 0.308 e. The van der Waals surface area contributed by atoms with Gasteiger partial charge in [0, 0.05) is 12.1 Å². The van der Waals surface area contributed by atoms with Crippen molar-refractivity contribution in [3.63, 3.8) is 0 Å². The molecule has 0 aliphatic heterocycles. The van der Waals surface area contributed by atoms with Gasteiger partial charge in [0.1, 0.15) is 0 Å². The van der Waals surface area contributed by atoms with E-state index in [-0.39, 0.29) is 18.0 Å². The molecule has 8 nitrogen and oxygen atoms in total. The van der Waals surface area contributed by atoms with Crippen LogP contribution in [0.15, 0.2) is 66.7 Å². The molecule has 0 aliphatic rings. The number of aliphatic hydroxyl groups is 1. The molecule has 0 saturated heterocycles. The Hall–Kier alpha value is -3.78. The number of aliphatic carboxylic acids is 1. The van der Waals surface area contributed by atoms with Crippen molar-refractivity contribution in [2.45, 2.75) is 18.9 Å².